The summed E-state index contributed by atoms with van der Waals surface area (Å²) in [6.07, 6.45) is 35.5. The predicted molar refractivity (Wildman–Crippen MR) is 244 cm³/mol. The fourth-order valence-electron chi connectivity index (χ4n) is 7.47. The molecule has 0 saturated carbocycles. The normalized spacial score (nSPS) is 12.5. The maximum absolute atomic E-state index is 13.3. The third kappa shape index (κ3) is 40.7. The van der Waals surface area contributed by atoms with Crippen LogP contribution in [-0.4, -0.2) is 59.2 Å². The molecule has 1 amide bonds. The first-order valence-electron chi connectivity index (χ1n) is 25.0. The number of ether oxygens (including phenoxy) is 3. The average molecular weight is 852 g/mol. The van der Waals surface area contributed by atoms with Crippen LogP contribution in [0.5, 0.6) is 0 Å². The van der Waals surface area contributed by atoms with E-state index in [0.717, 1.165) is 38.5 Å². The van der Waals surface area contributed by atoms with Crippen molar-refractivity contribution < 1.29 is 43.3 Å². The zero-order valence-corrected chi connectivity index (χ0v) is 39.5. The van der Waals surface area contributed by atoms with E-state index < -0.39 is 41.6 Å². The maximum Gasteiger partial charge on any atom is 0.408 e. The van der Waals surface area contributed by atoms with Crippen molar-refractivity contribution >= 4 is 29.8 Å². The number of aliphatic carboxylic acids is 1. The van der Waals surface area contributed by atoms with Crippen molar-refractivity contribution in [1.29, 1.82) is 0 Å². The zero-order valence-electron chi connectivity index (χ0n) is 39.5. The van der Waals surface area contributed by atoms with Gasteiger partial charge in [0, 0.05) is 25.7 Å². The van der Waals surface area contributed by atoms with Crippen LogP contribution in [0.4, 0.5) is 4.79 Å². The Kier molecular flexibility index (Phi) is 38.6. The summed E-state index contributed by atoms with van der Waals surface area (Å²) in [7, 11) is 0. The van der Waals surface area contributed by atoms with Gasteiger partial charge in [-0.2, -0.15) is 0 Å². The number of esters is 2. The van der Waals surface area contributed by atoms with Gasteiger partial charge in [-0.05, 0) is 46.5 Å². The molecule has 2 atom stereocenters. The van der Waals surface area contributed by atoms with Gasteiger partial charge in [0.15, 0.2) is 5.78 Å². The van der Waals surface area contributed by atoms with Crippen LogP contribution < -0.4 is 5.32 Å². The fourth-order valence-corrected chi connectivity index (χ4v) is 7.47. The fraction of sp³-hybridized carbons (Fsp3) is 0.900. The first kappa shape index (κ1) is 57.3. The van der Waals surface area contributed by atoms with E-state index in [4.69, 9.17) is 14.2 Å². The average Bonchev–Trinajstić information content (AvgIpc) is 3.19. The van der Waals surface area contributed by atoms with Crippen LogP contribution in [0.15, 0.2) is 0 Å². The number of amides is 1. The number of hydrogen-bond acceptors (Lipinski definition) is 8. The van der Waals surface area contributed by atoms with Gasteiger partial charge in [0.1, 0.15) is 18.3 Å². The number of ketones is 1. The number of nitrogens with one attached hydrogen (secondary N) is 1. The second-order valence-electron chi connectivity index (χ2n) is 18.3. The lowest BCUT2D eigenvalue weighted by Crippen LogP contribution is -2.44. The molecule has 0 rings (SSSR count). The lowest BCUT2D eigenvalue weighted by molar-refractivity contribution is -0.160. The number of alkyl carbamates (subject to hydrolysis) is 1. The third-order valence-corrected chi connectivity index (χ3v) is 11.1. The van der Waals surface area contributed by atoms with Crippen molar-refractivity contribution in [3.63, 3.8) is 0 Å². The quantitative estimate of drug-likeness (QED) is 0.0348. The summed E-state index contributed by atoms with van der Waals surface area (Å²) in [6, 6.07) is -1.08. The first-order valence-corrected chi connectivity index (χ1v) is 25.0. The van der Waals surface area contributed by atoms with Gasteiger partial charge in [0.2, 0.25) is 0 Å². The molecule has 2 N–H and O–H groups in total. The SMILES string of the molecule is CCCCCCCCCCCCCCCCCC(=O)OCC(CCC(=O)C(CCC(=O)O)NC(=O)OC(C)(C)C)OC(=O)CCCCCCCCCCCCCCCCC. The maximum atomic E-state index is 13.3. The molecular weight excluding hydrogens is 759 g/mol. The molecule has 10 nitrogen and oxygen atoms in total. The highest BCUT2D eigenvalue weighted by Gasteiger charge is 2.27. The summed E-state index contributed by atoms with van der Waals surface area (Å²) in [5.41, 5.74) is -0.799. The Bertz CT molecular complexity index is 1070. The van der Waals surface area contributed by atoms with Crippen LogP contribution in [0.3, 0.4) is 0 Å². The number of carbonyl (C=O) groups excluding carboxylic acids is 4. The Labute approximate surface area is 367 Å². The largest absolute Gasteiger partial charge is 0.481 e. The molecule has 0 aromatic carbocycles. The Morgan fingerprint density at radius 2 is 0.850 bits per heavy atom. The van der Waals surface area contributed by atoms with E-state index in [9.17, 15) is 29.1 Å². The molecule has 60 heavy (non-hydrogen) atoms. The Balaban J connectivity index is 4.73. The highest BCUT2D eigenvalue weighted by Crippen LogP contribution is 2.17. The topological polar surface area (TPSA) is 145 Å². The molecule has 352 valence electrons. The molecule has 0 saturated heterocycles. The van der Waals surface area contributed by atoms with Crippen LogP contribution in [0, 0.1) is 0 Å². The number of carboxylic acid groups (broad SMARTS) is 1. The van der Waals surface area contributed by atoms with Crippen LogP contribution in [0.1, 0.15) is 266 Å². The highest BCUT2D eigenvalue weighted by atomic mass is 16.6. The summed E-state index contributed by atoms with van der Waals surface area (Å²) in [5.74, 6) is -2.25. The van der Waals surface area contributed by atoms with E-state index in [-0.39, 0.29) is 51.1 Å². The molecule has 0 heterocycles. The number of unbranched alkanes of at least 4 members (excludes halogenated alkanes) is 28. The van der Waals surface area contributed by atoms with E-state index >= 15 is 0 Å². The van der Waals surface area contributed by atoms with Gasteiger partial charge < -0.3 is 24.6 Å². The van der Waals surface area contributed by atoms with Crippen molar-refractivity contribution in [2.45, 2.75) is 284 Å². The second kappa shape index (κ2) is 40.4. The molecule has 10 heteroatoms. The number of carbonyl (C=O) groups is 5. The van der Waals surface area contributed by atoms with E-state index in [1.54, 1.807) is 20.8 Å². The summed E-state index contributed by atoms with van der Waals surface area (Å²) in [4.78, 5) is 62.6. The van der Waals surface area contributed by atoms with Gasteiger partial charge in [0.25, 0.3) is 0 Å². The Morgan fingerprint density at radius 3 is 1.22 bits per heavy atom. The highest BCUT2D eigenvalue weighted by molar-refractivity contribution is 5.88. The monoisotopic (exact) mass is 852 g/mol. The van der Waals surface area contributed by atoms with Crippen LogP contribution in [0.25, 0.3) is 0 Å². The lowest BCUT2D eigenvalue weighted by atomic mass is 10.0. The molecule has 0 aliphatic carbocycles. The van der Waals surface area contributed by atoms with Crippen LogP contribution in [0.2, 0.25) is 0 Å². The number of Topliss-reactive ketones (excluding diaryl/α,β-unsaturated/α-hetero) is 1. The minimum Gasteiger partial charge on any atom is -0.481 e. The van der Waals surface area contributed by atoms with Gasteiger partial charge >= 0.3 is 24.0 Å². The second-order valence-corrected chi connectivity index (χ2v) is 18.3. The van der Waals surface area contributed by atoms with Gasteiger partial charge in [-0.3, -0.25) is 19.2 Å². The van der Waals surface area contributed by atoms with Gasteiger partial charge in [-0.15, -0.1) is 0 Å². The number of hydrogen-bond donors (Lipinski definition) is 2. The van der Waals surface area contributed by atoms with E-state index in [1.807, 2.05) is 0 Å². The molecule has 0 aliphatic heterocycles. The minimum absolute atomic E-state index is 0.0786. The van der Waals surface area contributed by atoms with Crippen molar-refractivity contribution in [3.8, 4) is 0 Å². The van der Waals surface area contributed by atoms with Crippen molar-refractivity contribution in [2.24, 2.45) is 0 Å². The summed E-state index contributed by atoms with van der Waals surface area (Å²) in [6.45, 7) is 9.44. The molecule has 0 radical (unpaired) electrons. The molecule has 2 unspecified atom stereocenters. The molecule has 0 aromatic rings. The molecule has 0 aliphatic rings. The number of carboxylic acids is 1. The van der Waals surface area contributed by atoms with E-state index in [1.165, 1.54) is 148 Å². The molecule has 0 bridgehead atoms. The minimum atomic E-state index is -1.09. The summed E-state index contributed by atoms with van der Waals surface area (Å²) < 4.78 is 16.6. The molecule has 0 aromatic heterocycles. The molecule has 0 fully saturated rings. The van der Waals surface area contributed by atoms with Crippen LogP contribution in [-0.2, 0) is 33.4 Å². The smallest absolute Gasteiger partial charge is 0.408 e. The van der Waals surface area contributed by atoms with Crippen molar-refractivity contribution in [2.75, 3.05) is 6.61 Å². The molecule has 0 spiro atoms. The van der Waals surface area contributed by atoms with Crippen molar-refractivity contribution in [1.82, 2.24) is 5.32 Å². The third-order valence-electron chi connectivity index (χ3n) is 11.1. The summed E-state index contributed by atoms with van der Waals surface area (Å²) >= 11 is 0. The summed E-state index contributed by atoms with van der Waals surface area (Å²) in [5, 5.41) is 11.7. The Morgan fingerprint density at radius 1 is 0.483 bits per heavy atom. The van der Waals surface area contributed by atoms with Crippen LogP contribution >= 0.6 is 0 Å². The lowest BCUT2D eigenvalue weighted by Gasteiger charge is -2.23. The molecular formula is C50H93NO9. The zero-order chi connectivity index (χ0) is 44.5. The van der Waals surface area contributed by atoms with E-state index in [2.05, 4.69) is 19.2 Å². The number of rotatable bonds is 43. The van der Waals surface area contributed by atoms with Crippen molar-refractivity contribution in [3.05, 3.63) is 0 Å². The standard InChI is InChI=1S/C50H93NO9/c1-6-8-10-12-14-16-18-20-22-24-26-28-30-32-34-36-47(55)58-42-43(38-40-45(52)44(39-41-46(53)54)51-49(57)60-50(3,4)5)59-48(56)37-35-33-31-29-27-25-23-21-19-17-15-13-11-9-7-2/h43-44H,6-42H2,1-5H3,(H,51,57)(H,53,54). The van der Waals surface area contributed by atoms with Gasteiger partial charge in [-0.1, -0.05) is 194 Å². The predicted octanol–water partition coefficient (Wildman–Crippen LogP) is 14.1. The van der Waals surface area contributed by atoms with E-state index in [0.29, 0.717) is 6.42 Å². The Hall–Kier alpha value is -2.65. The first-order chi connectivity index (χ1) is 28.9. The van der Waals surface area contributed by atoms with Gasteiger partial charge in [-0.25, -0.2) is 4.79 Å². The van der Waals surface area contributed by atoms with Gasteiger partial charge in [0.05, 0.1) is 6.04 Å².